The number of carbonyl (C=O) groups excluding carboxylic acids is 2. The number of carboxylic acid groups (broad SMARTS) is 1. The highest BCUT2D eigenvalue weighted by atomic mass is 16.5. The number of methoxy groups -OCH3 is 1. The number of ether oxygens (including phenoxy) is 1. The van der Waals surface area contributed by atoms with Gasteiger partial charge in [0.25, 0.3) is 0 Å². The third-order valence-electron chi connectivity index (χ3n) is 5.36. The maximum Gasteiger partial charge on any atom is 0.307 e. The summed E-state index contributed by atoms with van der Waals surface area (Å²) in [4.78, 5) is 38.3. The number of likely N-dealkylation sites (tertiary alicyclic amines) is 1. The minimum absolute atomic E-state index is 0.211. The average molecular weight is 360 g/mol. The number of hydrogen-bond donors (Lipinski definition) is 2. The maximum atomic E-state index is 12.8. The molecule has 1 saturated heterocycles. The fourth-order valence-corrected chi connectivity index (χ4v) is 3.74. The van der Waals surface area contributed by atoms with E-state index < -0.39 is 23.8 Å². The zero-order chi connectivity index (χ0) is 18.8. The lowest BCUT2D eigenvalue weighted by Gasteiger charge is -2.36. The van der Waals surface area contributed by atoms with E-state index in [2.05, 4.69) is 5.32 Å². The van der Waals surface area contributed by atoms with Gasteiger partial charge >= 0.3 is 5.97 Å². The highest BCUT2D eigenvalue weighted by Gasteiger charge is 2.46. The molecule has 2 N–H and O–H groups in total. The van der Waals surface area contributed by atoms with E-state index in [-0.39, 0.29) is 11.8 Å². The Morgan fingerprint density at radius 2 is 1.92 bits per heavy atom. The van der Waals surface area contributed by atoms with Gasteiger partial charge in [-0.25, -0.2) is 0 Å². The molecule has 1 aromatic carbocycles. The van der Waals surface area contributed by atoms with Crippen LogP contribution in [-0.2, 0) is 14.4 Å². The van der Waals surface area contributed by atoms with Crippen LogP contribution in [0.25, 0.3) is 0 Å². The van der Waals surface area contributed by atoms with Crippen LogP contribution in [0.5, 0.6) is 5.75 Å². The van der Waals surface area contributed by atoms with Gasteiger partial charge in [-0.2, -0.15) is 0 Å². The van der Waals surface area contributed by atoms with Crippen molar-refractivity contribution in [2.45, 2.75) is 38.6 Å². The van der Waals surface area contributed by atoms with Crippen molar-refractivity contribution < 1.29 is 24.2 Å². The van der Waals surface area contributed by atoms with Crippen molar-refractivity contribution in [3.05, 3.63) is 23.8 Å². The number of benzene rings is 1. The van der Waals surface area contributed by atoms with Crippen molar-refractivity contribution in [3.8, 4) is 5.75 Å². The van der Waals surface area contributed by atoms with E-state index in [1.807, 2.05) is 19.1 Å². The summed E-state index contributed by atoms with van der Waals surface area (Å²) in [5.74, 6) is -1.97. The Morgan fingerprint density at radius 3 is 2.54 bits per heavy atom. The number of hydrogen-bond acceptors (Lipinski definition) is 4. The molecule has 1 saturated carbocycles. The first-order valence-corrected chi connectivity index (χ1v) is 8.91. The monoisotopic (exact) mass is 360 g/mol. The van der Waals surface area contributed by atoms with Crippen molar-refractivity contribution in [2.24, 2.45) is 11.8 Å². The van der Waals surface area contributed by atoms with Gasteiger partial charge in [0.05, 0.1) is 24.6 Å². The number of aryl methyl sites for hydroxylation is 1. The molecule has 1 heterocycles. The Labute approximate surface area is 152 Å². The molecule has 0 spiro atoms. The van der Waals surface area contributed by atoms with Crippen LogP contribution in [0.15, 0.2) is 18.2 Å². The third-order valence-corrected chi connectivity index (χ3v) is 5.36. The molecule has 1 aliphatic heterocycles. The number of amides is 2. The van der Waals surface area contributed by atoms with E-state index in [1.165, 1.54) is 7.11 Å². The number of rotatable bonds is 5. The van der Waals surface area contributed by atoms with Gasteiger partial charge in [-0.1, -0.05) is 6.07 Å². The molecule has 3 rings (SSSR count). The van der Waals surface area contributed by atoms with Crippen LogP contribution in [0.1, 0.15) is 31.2 Å². The van der Waals surface area contributed by atoms with Gasteiger partial charge < -0.3 is 20.1 Å². The second kappa shape index (κ2) is 7.35. The lowest BCUT2D eigenvalue weighted by atomic mass is 9.73. The summed E-state index contributed by atoms with van der Waals surface area (Å²) in [7, 11) is 1.54. The topological polar surface area (TPSA) is 95.9 Å². The molecule has 2 amide bonds. The first-order valence-electron chi connectivity index (χ1n) is 8.91. The Balaban J connectivity index is 1.72. The molecule has 26 heavy (non-hydrogen) atoms. The van der Waals surface area contributed by atoms with Crippen LogP contribution in [0.4, 0.5) is 5.69 Å². The van der Waals surface area contributed by atoms with Gasteiger partial charge in [-0.3, -0.25) is 14.4 Å². The second-order valence-electron chi connectivity index (χ2n) is 7.01. The first kappa shape index (κ1) is 18.2. The van der Waals surface area contributed by atoms with E-state index >= 15 is 0 Å². The summed E-state index contributed by atoms with van der Waals surface area (Å²) < 4.78 is 5.28. The van der Waals surface area contributed by atoms with E-state index in [4.69, 9.17) is 4.74 Å². The molecule has 2 fully saturated rings. The summed E-state index contributed by atoms with van der Waals surface area (Å²) in [6.07, 6.45) is 2.42. The number of nitrogens with one attached hydrogen (secondary N) is 1. The molecule has 0 bridgehead atoms. The first-order chi connectivity index (χ1) is 12.4. The van der Waals surface area contributed by atoms with Crippen molar-refractivity contribution in [1.82, 2.24) is 4.90 Å². The van der Waals surface area contributed by atoms with Gasteiger partial charge in [-0.05, 0) is 50.3 Å². The lowest BCUT2D eigenvalue weighted by Crippen LogP contribution is -2.50. The zero-order valence-corrected chi connectivity index (χ0v) is 15.0. The van der Waals surface area contributed by atoms with Crippen LogP contribution < -0.4 is 10.1 Å². The van der Waals surface area contributed by atoms with Crippen LogP contribution in [0.2, 0.25) is 0 Å². The second-order valence-corrected chi connectivity index (χ2v) is 7.01. The largest absolute Gasteiger partial charge is 0.495 e. The molecule has 140 valence electrons. The normalized spacial score (nSPS) is 24.7. The molecule has 0 aromatic heterocycles. The van der Waals surface area contributed by atoms with E-state index in [9.17, 15) is 19.5 Å². The Hall–Kier alpha value is -2.57. The minimum atomic E-state index is -0.931. The van der Waals surface area contributed by atoms with Crippen LogP contribution in [0.3, 0.4) is 0 Å². The molecule has 1 aromatic rings. The maximum absolute atomic E-state index is 12.8. The number of carboxylic acids is 1. The molecular formula is C19H24N2O5. The zero-order valence-electron chi connectivity index (χ0n) is 15.0. The standard InChI is InChI=1S/C19H24N2O5/c1-11-5-8-16(26-2)14(10-11)20-17(22)15-4-3-9-21(15)18(23)12-6-7-13(12)19(24)25/h5,8,10,12-13,15H,3-4,6-7,9H2,1-2H3,(H,20,22)(H,24,25). The van der Waals surface area contributed by atoms with E-state index in [0.29, 0.717) is 37.2 Å². The summed E-state index contributed by atoms with van der Waals surface area (Å²) in [5.41, 5.74) is 1.56. The molecular weight excluding hydrogens is 336 g/mol. The smallest absolute Gasteiger partial charge is 0.307 e. The number of nitrogens with zero attached hydrogens (tertiary/aromatic N) is 1. The van der Waals surface area contributed by atoms with Gasteiger partial charge in [0.15, 0.2) is 0 Å². The fourth-order valence-electron chi connectivity index (χ4n) is 3.74. The van der Waals surface area contributed by atoms with Gasteiger partial charge in [0.1, 0.15) is 11.8 Å². The van der Waals surface area contributed by atoms with Gasteiger partial charge in [-0.15, -0.1) is 0 Å². The SMILES string of the molecule is COc1ccc(C)cc1NC(=O)C1CCCN1C(=O)C1CCC1C(=O)O. The molecule has 7 nitrogen and oxygen atoms in total. The molecule has 1 aliphatic carbocycles. The quantitative estimate of drug-likeness (QED) is 0.838. The van der Waals surface area contributed by atoms with Crippen molar-refractivity contribution in [1.29, 1.82) is 0 Å². The molecule has 3 atom stereocenters. The van der Waals surface area contributed by atoms with Crippen LogP contribution >= 0.6 is 0 Å². The van der Waals surface area contributed by atoms with Crippen molar-refractivity contribution in [2.75, 3.05) is 19.0 Å². The molecule has 7 heteroatoms. The minimum Gasteiger partial charge on any atom is -0.495 e. The Morgan fingerprint density at radius 1 is 1.19 bits per heavy atom. The highest BCUT2D eigenvalue weighted by Crippen LogP contribution is 2.37. The summed E-state index contributed by atoms with van der Waals surface area (Å²) in [6, 6.07) is 4.93. The Kier molecular flexibility index (Phi) is 5.15. The predicted octanol–water partition coefficient (Wildman–Crippen LogP) is 2.04. The van der Waals surface area contributed by atoms with Gasteiger partial charge in [0, 0.05) is 6.54 Å². The van der Waals surface area contributed by atoms with E-state index in [1.54, 1.807) is 11.0 Å². The molecule has 2 aliphatic rings. The summed E-state index contributed by atoms with van der Waals surface area (Å²) >= 11 is 0. The number of carbonyl (C=O) groups is 3. The van der Waals surface area contributed by atoms with Crippen molar-refractivity contribution >= 4 is 23.5 Å². The fraction of sp³-hybridized carbons (Fsp3) is 0.526. The number of anilines is 1. The lowest BCUT2D eigenvalue weighted by molar-refractivity contribution is -0.157. The van der Waals surface area contributed by atoms with Crippen molar-refractivity contribution in [3.63, 3.8) is 0 Å². The average Bonchev–Trinajstić information content (AvgIpc) is 3.03. The third kappa shape index (κ3) is 3.38. The Bertz CT molecular complexity index is 733. The van der Waals surface area contributed by atoms with Crippen LogP contribution in [0, 0.1) is 18.8 Å². The molecule has 0 radical (unpaired) electrons. The highest BCUT2D eigenvalue weighted by molar-refractivity contribution is 5.99. The summed E-state index contributed by atoms with van der Waals surface area (Å²) in [6.45, 7) is 2.41. The van der Waals surface area contributed by atoms with Gasteiger partial charge in [0.2, 0.25) is 11.8 Å². The predicted molar refractivity (Wildman–Crippen MR) is 94.9 cm³/mol. The summed E-state index contributed by atoms with van der Waals surface area (Å²) in [5, 5.41) is 12.0. The number of aliphatic carboxylic acids is 1. The molecule has 3 unspecified atom stereocenters. The van der Waals surface area contributed by atoms with E-state index in [0.717, 1.165) is 12.0 Å². The van der Waals surface area contributed by atoms with Crippen LogP contribution in [-0.4, -0.2) is 47.5 Å².